The van der Waals surface area contributed by atoms with Crippen LogP contribution < -0.4 is 19.1 Å². The lowest BCUT2D eigenvalue weighted by atomic mass is 10.1. The largest absolute Gasteiger partial charge is 0.497 e. The van der Waals surface area contributed by atoms with Gasteiger partial charge < -0.3 is 19.1 Å². The summed E-state index contributed by atoms with van der Waals surface area (Å²) < 4.78 is 16.0. The van der Waals surface area contributed by atoms with Gasteiger partial charge in [0.2, 0.25) is 12.7 Å². The van der Waals surface area contributed by atoms with Gasteiger partial charge in [-0.05, 0) is 66.2 Å². The third kappa shape index (κ3) is 4.40. The molecule has 1 saturated heterocycles. The molecular weight excluding hydrogens is 472 g/mol. The zero-order valence-electron chi connectivity index (χ0n) is 18.8. The second-order valence-corrected chi connectivity index (χ2v) is 8.55. The second-order valence-electron chi connectivity index (χ2n) is 8.11. The van der Waals surface area contributed by atoms with E-state index in [1.54, 1.807) is 66.7 Å². The highest BCUT2D eigenvalue weighted by molar-refractivity contribution is 6.31. The molecule has 0 N–H and O–H groups in total. The van der Waals surface area contributed by atoms with E-state index in [0.717, 1.165) is 10.5 Å². The molecule has 9 heteroatoms. The standard InChI is InChI=1S/C26H21ClN2O6/c1-33-20-9-3-17(4-10-20)25(31)28(14-16-2-11-22-23(12-16)35-15-34-22)21-13-24(30)29(26(21)32)19-7-5-18(27)6-8-19/h2-12,21H,13-15H2,1H3. The van der Waals surface area contributed by atoms with Crippen molar-refractivity contribution < 1.29 is 28.6 Å². The highest BCUT2D eigenvalue weighted by atomic mass is 35.5. The first-order chi connectivity index (χ1) is 16.9. The summed E-state index contributed by atoms with van der Waals surface area (Å²) in [6.45, 7) is 0.221. The Bertz CT molecular complexity index is 1290. The summed E-state index contributed by atoms with van der Waals surface area (Å²) in [6, 6.07) is 17.4. The molecule has 0 saturated carbocycles. The molecule has 1 fully saturated rings. The molecule has 0 spiro atoms. The Morgan fingerprint density at radius 1 is 1.03 bits per heavy atom. The minimum absolute atomic E-state index is 0.0969. The van der Waals surface area contributed by atoms with E-state index in [0.29, 0.717) is 33.5 Å². The van der Waals surface area contributed by atoms with E-state index in [1.165, 1.54) is 12.0 Å². The third-order valence-corrected chi connectivity index (χ3v) is 6.22. The van der Waals surface area contributed by atoms with Gasteiger partial charge in [-0.15, -0.1) is 0 Å². The summed E-state index contributed by atoms with van der Waals surface area (Å²) in [4.78, 5) is 42.6. The van der Waals surface area contributed by atoms with Gasteiger partial charge in [-0.1, -0.05) is 17.7 Å². The SMILES string of the molecule is COc1ccc(C(=O)N(Cc2ccc3c(c2)OCO3)C2CC(=O)N(c3ccc(Cl)cc3)C2=O)cc1. The van der Waals surface area contributed by atoms with Crippen LogP contribution >= 0.6 is 11.6 Å². The van der Waals surface area contributed by atoms with Crippen molar-refractivity contribution in [2.75, 3.05) is 18.8 Å². The lowest BCUT2D eigenvalue weighted by Crippen LogP contribution is -2.45. The zero-order valence-corrected chi connectivity index (χ0v) is 19.5. The maximum Gasteiger partial charge on any atom is 0.257 e. The lowest BCUT2D eigenvalue weighted by molar-refractivity contribution is -0.122. The van der Waals surface area contributed by atoms with E-state index >= 15 is 0 Å². The molecular formula is C26H21ClN2O6. The van der Waals surface area contributed by atoms with Crippen molar-refractivity contribution >= 4 is 35.0 Å². The maximum absolute atomic E-state index is 13.6. The van der Waals surface area contributed by atoms with Gasteiger partial charge in [0.15, 0.2) is 11.5 Å². The highest BCUT2D eigenvalue weighted by Crippen LogP contribution is 2.34. The van der Waals surface area contributed by atoms with Crippen molar-refractivity contribution in [1.29, 1.82) is 0 Å². The van der Waals surface area contributed by atoms with Gasteiger partial charge in [0.25, 0.3) is 11.8 Å². The number of hydrogen-bond acceptors (Lipinski definition) is 6. The third-order valence-electron chi connectivity index (χ3n) is 5.97. The fourth-order valence-corrected chi connectivity index (χ4v) is 4.31. The summed E-state index contributed by atoms with van der Waals surface area (Å²) in [7, 11) is 1.54. The summed E-state index contributed by atoms with van der Waals surface area (Å²) in [5.74, 6) is 0.540. The topological polar surface area (TPSA) is 85.4 Å². The first-order valence-electron chi connectivity index (χ1n) is 10.9. The van der Waals surface area contributed by atoms with E-state index in [-0.39, 0.29) is 31.6 Å². The number of halogens is 1. The molecule has 1 unspecified atom stereocenters. The van der Waals surface area contributed by atoms with Crippen LogP contribution in [0.3, 0.4) is 0 Å². The molecule has 178 valence electrons. The molecule has 3 amide bonds. The smallest absolute Gasteiger partial charge is 0.257 e. The van der Waals surface area contributed by atoms with Crippen molar-refractivity contribution in [2.45, 2.75) is 19.0 Å². The Hall–Kier alpha value is -4.04. The summed E-state index contributed by atoms with van der Waals surface area (Å²) in [5, 5.41) is 0.489. The Balaban J connectivity index is 1.48. The van der Waals surface area contributed by atoms with Crippen LogP contribution in [-0.4, -0.2) is 42.6 Å². The molecule has 0 aromatic heterocycles. The van der Waals surface area contributed by atoms with Gasteiger partial charge in [-0.3, -0.25) is 14.4 Å². The predicted octanol–water partition coefficient (Wildman–Crippen LogP) is 4.05. The predicted molar refractivity (Wildman–Crippen MR) is 128 cm³/mol. The number of nitrogens with zero attached hydrogens (tertiary/aromatic N) is 2. The molecule has 35 heavy (non-hydrogen) atoms. The maximum atomic E-state index is 13.6. The number of benzene rings is 3. The van der Waals surface area contributed by atoms with E-state index < -0.39 is 11.9 Å². The number of carbonyl (C=O) groups excluding carboxylic acids is 3. The number of hydrogen-bond donors (Lipinski definition) is 0. The van der Waals surface area contributed by atoms with Crippen molar-refractivity contribution in [3.05, 3.63) is 82.9 Å². The number of anilines is 1. The minimum Gasteiger partial charge on any atom is -0.497 e. The van der Waals surface area contributed by atoms with Crippen LogP contribution in [-0.2, 0) is 16.1 Å². The Morgan fingerprint density at radius 2 is 1.74 bits per heavy atom. The van der Waals surface area contributed by atoms with Gasteiger partial charge in [0, 0.05) is 17.1 Å². The second kappa shape index (κ2) is 9.31. The van der Waals surface area contributed by atoms with E-state index in [2.05, 4.69) is 0 Å². The zero-order chi connectivity index (χ0) is 24.5. The number of imide groups is 1. The number of rotatable bonds is 6. The molecule has 8 nitrogen and oxygen atoms in total. The molecule has 3 aromatic carbocycles. The molecule has 0 aliphatic carbocycles. The average Bonchev–Trinajstić information content (AvgIpc) is 3.46. The molecule has 2 heterocycles. The monoisotopic (exact) mass is 492 g/mol. The van der Waals surface area contributed by atoms with Gasteiger partial charge in [0.1, 0.15) is 11.8 Å². The first kappa shape index (κ1) is 22.7. The van der Waals surface area contributed by atoms with Crippen LogP contribution in [0.15, 0.2) is 66.7 Å². The van der Waals surface area contributed by atoms with Crippen LogP contribution in [0.5, 0.6) is 17.2 Å². The lowest BCUT2D eigenvalue weighted by Gasteiger charge is -2.28. The molecule has 5 rings (SSSR count). The van der Waals surface area contributed by atoms with Crippen LogP contribution in [0.25, 0.3) is 0 Å². The van der Waals surface area contributed by atoms with Crippen LogP contribution in [0.1, 0.15) is 22.3 Å². The van der Waals surface area contributed by atoms with Crippen molar-refractivity contribution in [2.24, 2.45) is 0 Å². The number of methoxy groups -OCH3 is 1. The van der Waals surface area contributed by atoms with Crippen LogP contribution in [0.2, 0.25) is 5.02 Å². The summed E-state index contributed by atoms with van der Waals surface area (Å²) in [5.41, 5.74) is 1.52. The highest BCUT2D eigenvalue weighted by Gasteiger charge is 2.44. The number of amides is 3. The van der Waals surface area contributed by atoms with E-state index in [9.17, 15) is 14.4 Å². The first-order valence-corrected chi connectivity index (χ1v) is 11.3. The van der Waals surface area contributed by atoms with E-state index in [4.69, 9.17) is 25.8 Å². The Morgan fingerprint density at radius 3 is 2.46 bits per heavy atom. The Labute approximate surface area is 206 Å². The number of ether oxygens (including phenoxy) is 3. The average molecular weight is 493 g/mol. The van der Waals surface area contributed by atoms with Gasteiger partial charge in [-0.2, -0.15) is 0 Å². The fraction of sp³-hybridized carbons (Fsp3) is 0.192. The fourth-order valence-electron chi connectivity index (χ4n) is 4.18. The Kier molecular flexibility index (Phi) is 6.05. The number of carbonyl (C=O) groups is 3. The molecule has 2 aliphatic heterocycles. The minimum atomic E-state index is -0.974. The van der Waals surface area contributed by atoms with Gasteiger partial charge >= 0.3 is 0 Å². The van der Waals surface area contributed by atoms with Crippen molar-refractivity contribution in [1.82, 2.24) is 4.90 Å². The summed E-state index contributed by atoms with van der Waals surface area (Å²) >= 11 is 5.96. The molecule has 3 aromatic rings. The molecule has 1 atom stereocenters. The van der Waals surface area contributed by atoms with E-state index in [1.807, 2.05) is 0 Å². The molecule has 0 bridgehead atoms. The number of fused-ring (bicyclic) bond motifs is 1. The molecule has 0 radical (unpaired) electrons. The normalized spacial score (nSPS) is 16.5. The summed E-state index contributed by atoms with van der Waals surface area (Å²) in [6.07, 6.45) is -0.131. The molecule has 2 aliphatic rings. The quantitative estimate of drug-likeness (QED) is 0.483. The van der Waals surface area contributed by atoms with Gasteiger partial charge in [0.05, 0.1) is 19.2 Å². The van der Waals surface area contributed by atoms with Crippen molar-refractivity contribution in [3.63, 3.8) is 0 Å². The van der Waals surface area contributed by atoms with Crippen LogP contribution in [0, 0.1) is 0 Å². The van der Waals surface area contributed by atoms with Crippen molar-refractivity contribution in [3.8, 4) is 17.2 Å². The van der Waals surface area contributed by atoms with Gasteiger partial charge in [-0.25, -0.2) is 4.90 Å². The van der Waals surface area contributed by atoms with Crippen LogP contribution in [0.4, 0.5) is 5.69 Å².